The zero-order chi connectivity index (χ0) is 15.3. The molecule has 1 aromatic carbocycles. The Balaban J connectivity index is 2.76. The summed E-state index contributed by atoms with van der Waals surface area (Å²) in [6.07, 6.45) is 0.983. The number of hydrogen-bond donors (Lipinski definition) is 1. The van der Waals surface area contributed by atoms with Gasteiger partial charge in [-0.25, -0.2) is 0 Å². The molecule has 112 valence electrons. The molecule has 0 spiro atoms. The van der Waals surface area contributed by atoms with E-state index in [1.54, 1.807) is 0 Å². The molecule has 1 unspecified atom stereocenters. The third kappa shape index (κ3) is 5.63. The minimum Gasteiger partial charge on any atom is -0.348 e. The average Bonchev–Trinajstić information content (AvgIpc) is 2.30. The number of carbonyl (C=O) groups excluding carboxylic acids is 1. The van der Waals surface area contributed by atoms with Crippen LogP contribution in [0.1, 0.15) is 36.2 Å². The van der Waals surface area contributed by atoms with Crippen LogP contribution < -0.4 is 5.32 Å². The molecule has 1 atom stereocenters. The molecule has 0 radical (unpaired) electrons. The second kappa shape index (κ2) is 7.79. The van der Waals surface area contributed by atoms with Gasteiger partial charge in [0.2, 0.25) is 0 Å². The van der Waals surface area contributed by atoms with Crippen LogP contribution in [-0.4, -0.2) is 37.5 Å². The molecule has 0 bridgehead atoms. The van der Waals surface area contributed by atoms with Crippen LogP contribution in [0.2, 0.25) is 0 Å². The maximum Gasteiger partial charge on any atom is 0.251 e. The number of nitrogens with zero attached hydrogens (tertiary/aromatic N) is 1. The first-order valence-electron chi connectivity index (χ1n) is 7.01. The van der Waals surface area contributed by atoms with Gasteiger partial charge in [0.1, 0.15) is 0 Å². The number of halogens is 1. The van der Waals surface area contributed by atoms with Crippen molar-refractivity contribution in [2.45, 2.75) is 33.2 Å². The Morgan fingerprint density at radius 1 is 1.35 bits per heavy atom. The molecule has 0 aromatic heterocycles. The van der Waals surface area contributed by atoms with Crippen molar-refractivity contribution < 1.29 is 4.79 Å². The summed E-state index contributed by atoms with van der Waals surface area (Å²) < 4.78 is 0.971. The fraction of sp³-hybridized carbons (Fsp3) is 0.562. The largest absolute Gasteiger partial charge is 0.348 e. The number of rotatable bonds is 6. The number of nitrogens with one attached hydrogen (secondary N) is 1. The summed E-state index contributed by atoms with van der Waals surface area (Å²) in [4.78, 5) is 14.4. The maximum atomic E-state index is 12.3. The molecule has 0 aliphatic carbocycles. The Kier molecular flexibility index (Phi) is 6.69. The van der Waals surface area contributed by atoms with Gasteiger partial charge < -0.3 is 10.2 Å². The quantitative estimate of drug-likeness (QED) is 0.859. The normalized spacial score (nSPS) is 12.8. The fourth-order valence-electron chi connectivity index (χ4n) is 2.19. The molecule has 20 heavy (non-hydrogen) atoms. The van der Waals surface area contributed by atoms with Gasteiger partial charge in [-0.15, -0.1) is 0 Å². The lowest BCUT2D eigenvalue weighted by Crippen LogP contribution is -2.42. The number of hydrogen-bond acceptors (Lipinski definition) is 2. The molecule has 0 aliphatic heterocycles. The summed E-state index contributed by atoms with van der Waals surface area (Å²) in [5, 5.41) is 3.14. The molecule has 0 heterocycles. The SMILES string of the molecule is Cc1ccc(C(=O)NC(CC(C)C)CN(C)C)cc1Br. The lowest BCUT2D eigenvalue weighted by molar-refractivity contribution is 0.0924. The van der Waals surface area contributed by atoms with E-state index in [4.69, 9.17) is 0 Å². The lowest BCUT2D eigenvalue weighted by atomic mass is 10.0. The molecule has 0 fully saturated rings. The molecule has 0 aliphatic rings. The van der Waals surface area contributed by atoms with Crippen LogP contribution in [0.15, 0.2) is 22.7 Å². The summed E-state index contributed by atoms with van der Waals surface area (Å²) in [6, 6.07) is 5.89. The summed E-state index contributed by atoms with van der Waals surface area (Å²) in [7, 11) is 4.06. The average molecular weight is 341 g/mol. The first-order chi connectivity index (χ1) is 9.29. The minimum absolute atomic E-state index is 0.00167. The zero-order valence-electron chi connectivity index (χ0n) is 13.0. The molecule has 1 amide bonds. The van der Waals surface area contributed by atoms with E-state index in [2.05, 4.69) is 40.0 Å². The second-order valence-corrected chi connectivity index (χ2v) is 6.88. The zero-order valence-corrected chi connectivity index (χ0v) is 14.6. The molecule has 1 aromatic rings. The van der Waals surface area contributed by atoms with Gasteiger partial charge in [0, 0.05) is 22.6 Å². The Morgan fingerprint density at radius 2 is 2.00 bits per heavy atom. The van der Waals surface area contributed by atoms with Crippen LogP contribution in [0.25, 0.3) is 0 Å². The van der Waals surface area contributed by atoms with E-state index in [-0.39, 0.29) is 11.9 Å². The second-order valence-electron chi connectivity index (χ2n) is 6.03. The number of benzene rings is 1. The topological polar surface area (TPSA) is 32.3 Å². The minimum atomic E-state index is -0.00167. The van der Waals surface area contributed by atoms with E-state index in [0.29, 0.717) is 11.5 Å². The van der Waals surface area contributed by atoms with Gasteiger partial charge in [0.05, 0.1) is 0 Å². The maximum absolute atomic E-state index is 12.3. The Morgan fingerprint density at radius 3 is 2.50 bits per heavy atom. The van der Waals surface area contributed by atoms with Gasteiger partial charge in [0.25, 0.3) is 5.91 Å². The van der Waals surface area contributed by atoms with Crippen LogP contribution >= 0.6 is 15.9 Å². The van der Waals surface area contributed by atoms with Crippen molar-refractivity contribution >= 4 is 21.8 Å². The van der Waals surface area contributed by atoms with Crippen LogP contribution in [0.4, 0.5) is 0 Å². The summed E-state index contributed by atoms with van der Waals surface area (Å²) >= 11 is 3.47. The molecule has 0 saturated heterocycles. The first-order valence-corrected chi connectivity index (χ1v) is 7.80. The predicted octanol–water partition coefficient (Wildman–Crippen LogP) is 3.46. The molecule has 4 heteroatoms. The van der Waals surface area contributed by atoms with Crippen molar-refractivity contribution in [2.75, 3.05) is 20.6 Å². The van der Waals surface area contributed by atoms with E-state index >= 15 is 0 Å². The van der Waals surface area contributed by atoms with Crippen molar-refractivity contribution in [3.63, 3.8) is 0 Å². The number of likely N-dealkylation sites (N-methyl/N-ethyl adjacent to an activating group) is 1. The summed E-state index contributed by atoms with van der Waals surface area (Å²) in [5.74, 6) is 0.559. The number of amides is 1. The van der Waals surface area contributed by atoms with Gasteiger partial charge in [-0.05, 0) is 51.1 Å². The third-order valence-corrected chi connectivity index (χ3v) is 3.97. The van der Waals surface area contributed by atoms with Gasteiger partial charge >= 0.3 is 0 Å². The molecular formula is C16H25BrN2O. The van der Waals surface area contributed by atoms with Gasteiger partial charge in [-0.2, -0.15) is 0 Å². The molecule has 0 saturated carbocycles. The van der Waals surface area contributed by atoms with E-state index in [9.17, 15) is 4.79 Å². The standard InChI is InChI=1S/C16H25BrN2O/c1-11(2)8-14(10-19(4)5)18-16(20)13-7-6-12(3)15(17)9-13/h6-7,9,11,14H,8,10H2,1-5H3,(H,18,20). The van der Waals surface area contributed by atoms with E-state index in [1.807, 2.05) is 39.2 Å². The highest BCUT2D eigenvalue weighted by Gasteiger charge is 2.16. The van der Waals surface area contributed by atoms with Crippen LogP contribution in [0.5, 0.6) is 0 Å². The third-order valence-electron chi connectivity index (χ3n) is 3.11. The highest BCUT2D eigenvalue weighted by atomic mass is 79.9. The highest BCUT2D eigenvalue weighted by Crippen LogP contribution is 2.17. The Hall–Kier alpha value is -0.870. The van der Waals surface area contributed by atoms with Crippen molar-refractivity contribution in [3.05, 3.63) is 33.8 Å². The van der Waals surface area contributed by atoms with Crippen LogP contribution in [0.3, 0.4) is 0 Å². The molecule has 1 N–H and O–H groups in total. The van der Waals surface area contributed by atoms with Crippen LogP contribution in [0, 0.1) is 12.8 Å². The van der Waals surface area contributed by atoms with Gasteiger partial charge in [0.15, 0.2) is 0 Å². The van der Waals surface area contributed by atoms with Crippen molar-refractivity contribution in [3.8, 4) is 0 Å². The summed E-state index contributed by atoms with van der Waals surface area (Å²) in [5.41, 5.74) is 1.84. The van der Waals surface area contributed by atoms with Gasteiger partial charge in [-0.1, -0.05) is 35.8 Å². The molecule has 1 rings (SSSR count). The van der Waals surface area contributed by atoms with Crippen molar-refractivity contribution in [1.29, 1.82) is 0 Å². The van der Waals surface area contributed by atoms with E-state index in [0.717, 1.165) is 23.0 Å². The summed E-state index contributed by atoms with van der Waals surface area (Å²) in [6.45, 7) is 7.23. The number of aryl methyl sites for hydroxylation is 1. The smallest absolute Gasteiger partial charge is 0.251 e. The first kappa shape index (κ1) is 17.2. The molecular weight excluding hydrogens is 316 g/mol. The van der Waals surface area contributed by atoms with E-state index < -0.39 is 0 Å². The Labute approximate surface area is 130 Å². The van der Waals surface area contributed by atoms with Crippen LogP contribution in [-0.2, 0) is 0 Å². The monoisotopic (exact) mass is 340 g/mol. The number of carbonyl (C=O) groups is 1. The Bertz CT molecular complexity index is 448. The lowest BCUT2D eigenvalue weighted by Gasteiger charge is -2.24. The fourth-order valence-corrected chi connectivity index (χ4v) is 2.57. The van der Waals surface area contributed by atoms with Gasteiger partial charge in [-0.3, -0.25) is 4.79 Å². The van der Waals surface area contributed by atoms with E-state index in [1.165, 1.54) is 0 Å². The van der Waals surface area contributed by atoms with Crippen molar-refractivity contribution in [2.24, 2.45) is 5.92 Å². The highest BCUT2D eigenvalue weighted by molar-refractivity contribution is 9.10. The van der Waals surface area contributed by atoms with Crippen molar-refractivity contribution in [1.82, 2.24) is 10.2 Å². The predicted molar refractivity (Wildman–Crippen MR) is 88.1 cm³/mol. The molecule has 3 nitrogen and oxygen atoms in total.